The molecule has 17 heavy (non-hydrogen) atoms. The highest BCUT2D eigenvalue weighted by Gasteiger charge is 2.07. The topological polar surface area (TPSA) is 66.0 Å². The number of benzene rings is 1. The van der Waals surface area contributed by atoms with Crippen LogP contribution >= 0.6 is 11.8 Å². The van der Waals surface area contributed by atoms with Crippen LogP contribution < -0.4 is 0 Å². The number of hydrogen-bond acceptors (Lipinski definition) is 3. The Hall–Kier alpha value is -1.82. The van der Waals surface area contributed by atoms with Crippen LogP contribution in [0.25, 0.3) is 0 Å². The number of halogens is 1. The fourth-order valence-electron chi connectivity index (χ4n) is 1.25. The van der Waals surface area contributed by atoms with Crippen molar-refractivity contribution in [1.29, 1.82) is 0 Å². The number of aromatic amines is 1. The minimum Gasteiger partial charge on any atom is -0.477 e. The Morgan fingerprint density at radius 1 is 1.53 bits per heavy atom. The normalized spacial score (nSPS) is 10.4. The molecule has 1 aromatic carbocycles. The van der Waals surface area contributed by atoms with Gasteiger partial charge in [-0.1, -0.05) is 6.07 Å². The van der Waals surface area contributed by atoms with Gasteiger partial charge in [-0.2, -0.15) is 0 Å². The lowest BCUT2D eigenvalue weighted by atomic mass is 10.4. The van der Waals surface area contributed by atoms with Crippen molar-refractivity contribution in [3.63, 3.8) is 0 Å². The summed E-state index contributed by atoms with van der Waals surface area (Å²) in [5.41, 5.74) is 0.0554. The molecule has 0 unspecified atom stereocenters. The molecule has 0 radical (unpaired) electrons. The van der Waals surface area contributed by atoms with Gasteiger partial charge in [-0.05, 0) is 18.2 Å². The number of nitrogens with zero attached hydrogens (tertiary/aromatic N) is 1. The molecule has 2 aromatic rings. The maximum atomic E-state index is 12.9. The first kappa shape index (κ1) is 11.7. The number of imidazole rings is 1. The molecular weight excluding hydrogens is 243 g/mol. The number of nitrogens with one attached hydrogen (secondary N) is 1. The fraction of sp³-hybridized carbons (Fsp3) is 0.0909. The summed E-state index contributed by atoms with van der Waals surface area (Å²) in [6, 6.07) is 6.21. The Morgan fingerprint density at radius 2 is 2.35 bits per heavy atom. The molecule has 0 spiro atoms. The molecule has 0 atom stereocenters. The molecule has 0 aliphatic heterocycles. The summed E-state index contributed by atoms with van der Waals surface area (Å²) >= 11 is 1.39. The molecule has 1 heterocycles. The number of thioether (sulfide) groups is 1. The van der Waals surface area contributed by atoms with Gasteiger partial charge in [0.1, 0.15) is 17.3 Å². The van der Waals surface area contributed by atoms with Crippen molar-refractivity contribution in [2.75, 3.05) is 0 Å². The van der Waals surface area contributed by atoms with E-state index in [9.17, 15) is 9.18 Å². The minimum atomic E-state index is -1.04. The summed E-state index contributed by atoms with van der Waals surface area (Å²) < 4.78 is 12.9. The van der Waals surface area contributed by atoms with Crippen molar-refractivity contribution in [2.24, 2.45) is 0 Å². The van der Waals surface area contributed by atoms with Gasteiger partial charge in [0.2, 0.25) is 0 Å². The second-order valence-corrected chi connectivity index (χ2v) is 4.34. The lowest BCUT2D eigenvalue weighted by Crippen LogP contribution is -1.96. The first-order chi connectivity index (χ1) is 8.15. The lowest BCUT2D eigenvalue weighted by Gasteiger charge is -1.99. The van der Waals surface area contributed by atoms with Crippen LogP contribution in [0.2, 0.25) is 0 Å². The number of carbonyl (C=O) groups is 1. The largest absolute Gasteiger partial charge is 0.477 e. The number of carboxylic acid groups (broad SMARTS) is 1. The first-order valence-electron chi connectivity index (χ1n) is 4.80. The Balaban J connectivity index is 2.00. The van der Waals surface area contributed by atoms with Crippen molar-refractivity contribution >= 4 is 17.7 Å². The molecule has 88 valence electrons. The van der Waals surface area contributed by atoms with E-state index in [-0.39, 0.29) is 11.5 Å². The zero-order valence-corrected chi connectivity index (χ0v) is 9.50. The second-order valence-electron chi connectivity index (χ2n) is 3.29. The van der Waals surface area contributed by atoms with E-state index < -0.39 is 5.97 Å². The van der Waals surface area contributed by atoms with Crippen LogP contribution in [0.5, 0.6) is 0 Å². The van der Waals surface area contributed by atoms with Gasteiger partial charge < -0.3 is 10.1 Å². The summed E-state index contributed by atoms with van der Waals surface area (Å²) in [6.45, 7) is 0. The summed E-state index contributed by atoms with van der Waals surface area (Å²) in [5.74, 6) is -0.312. The standard InChI is InChI=1S/C11H9FN2O2S/c12-7-2-1-3-8(4-7)17-6-10-13-5-9(14-10)11(15)16/h1-5H,6H2,(H,13,14)(H,15,16). The van der Waals surface area contributed by atoms with Gasteiger partial charge >= 0.3 is 5.97 Å². The highest BCUT2D eigenvalue weighted by molar-refractivity contribution is 7.98. The van der Waals surface area contributed by atoms with E-state index in [4.69, 9.17) is 5.11 Å². The van der Waals surface area contributed by atoms with Gasteiger partial charge in [-0.25, -0.2) is 14.2 Å². The van der Waals surface area contributed by atoms with Crippen LogP contribution in [0.4, 0.5) is 4.39 Å². The fourth-order valence-corrected chi connectivity index (χ4v) is 2.07. The van der Waals surface area contributed by atoms with Gasteiger partial charge in [-0.15, -0.1) is 11.8 Å². The SMILES string of the molecule is O=C(O)c1cnc(CSc2cccc(F)c2)[nH]1. The first-order valence-corrected chi connectivity index (χ1v) is 5.79. The number of carboxylic acids is 1. The number of rotatable bonds is 4. The predicted molar refractivity (Wildman–Crippen MR) is 61.5 cm³/mol. The smallest absolute Gasteiger partial charge is 0.353 e. The highest BCUT2D eigenvalue weighted by atomic mass is 32.2. The van der Waals surface area contributed by atoms with Crippen molar-refractivity contribution in [3.05, 3.63) is 47.8 Å². The summed E-state index contributed by atoms with van der Waals surface area (Å²) in [6.07, 6.45) is 1.27. The molecule has 0 amide bonds. The van der Waals surface area contributed by atoms with Gasteiger partial charge in [0, 0.05) is 4.90 Å². The number of H-pyrrole nitrogens is 1. The monoisotopic (exact) mass is 252 g/mol. The molecule has 0 saturated heterocycles. The minimum absolute atomic E-state index is 0.0554. The maximum Gasteiger partial charge on any atom is 0.353 e. The van der Waals surface area contributed by atoms with E-state index >= 15 is 0 Å². The Bertz CT molecular complexity index is 542. The van der Waals surface area contributed by atoms with Crippen LogP contribution in [0, 0.1) is 5.82 Å². The van der Waals surface area contributed by atoms with Crippen molar-refractivity contribution in [2.45, 2.75) is 10.6 Å². The third-order valence-electron chi connectivity index (χ3n) is 2.03. The molecule has 0 aliphatic carbocycles. The summed E-state index contributed by atoms with van der Waals surface area (Å²) in [5, 5.41) is 8.69. The average molecular weight is 252 g/mol. The molecule has 6 heteroatoms. The van der Waals surface area contributed by atoms with Crippen molar-refractivity contribution in [3.8, 4) is 0 Å². The maximum absolute atomic E-state index is 12.9. The molecule has 4 nitrogen and oxygen atoms in total. The predicted octanol–water partition coefficient (Wildman–Crippen LogP) is 2.54. The van der Waals surface area contributed by atoms with E-state index in [1.54, 1.807) is 12.1 Å². The highest BCUT2D eigenvalue weighted by Crippen LogP contribution is 2.21. The van der Waals surface area contributed by atoms with Gasteiger partial charge in [0.25, 0.3) is 0 Å². The van der Waals surface area contributed by atoms with E-state index in [2.05, 4.69) is 9.97 Å². The third kappa shape index (κ3) is 3.07. The molecule has 0 saturated carbocycles. The second kappa shape index (κ2) is 5.01. The van der Waals surface area contributed by atoms with Gasteiger partial charge in [0.15, 0.2) is 0 Å². The molecule has 2 N–H and O–H groups in total. The zero-order valence-electron chi connectivity index (χ0n) is 8.68. The van der Waals surface area contributed by atoms with Crippen LogP contribution in [0.15, 0.2) is 35.4 Å². The van der Waals surface area contributed by atoms with E-state index in [1.807, 2.05) is 0 Å². The Labute approximate surface area is 101 Å². The van der Waals surface area contributed by atoms with E-state index in [1.165, 1.54) is 30.1 Å². The Kier molecular flexibility index (Phi) is 3.43. The van der Waals surface area contributed by atoms with Crippen LogP contribution in [0.3, 0.4) is 0 Å². The molecule has 0 aliphatic rings. The average Bonchev–Trinajstić information content (AvgIpc) is 2.75. The molecule has 2 rings (SSSR count). The summed E-state index contributed by atoms with van der Waals surface area (Å²) in [4.78, 5) is 18.0. The molecule has 0 bridgehead atoms. The van der Waals surface area contributed by atoms with Crippen molar-refractivity contribution in [1.82, 2.24) is 9.97 Å². The Morgan fingerprint density at radius 3 is 3.00 bits per heavy atom. The van der Waals surface area contributed by atoms with Crippen molar-refractivity contribution < 1.29 is 14.3 Å². The molecule has 0 fully saturated rings. The molecular formula is C11H9FN2O2S. The van der Waals surface area contributed by atoms with Gasteiger partial charge in [0.05, 0.1) is 11.9 Å². The van der Waals surface area contributed by atoms with E-state index in [0.717, 1.165) is 4.90 Å². The van der Waals surface area contributed by atoms with Crippen LogP contribution in [0.1, 0.15) is 16.3 Å². The van der Waals surface area contributed by atoms with E-state index in [0.29, 0.717) is 11.6 Å². The third-order valence-corrected chi connectivity index (χ3v) is 3.04. The van der Waals surface area contributed by atoms with Gasteiger partial charge in [-0.3, -0.25) is 0 Å². The number of aromatic nitrogens is 2. The van der Waals surface area contributed by atoms with Crippen LogP contribution in [-0.2, 0) is 5.75 Å². The number of hydrogen-bond donors (Lipinski definition) is 2. The van der Waals surface area contributed by atoms with Crippen LogP contribution in [-0.4, -0.2) is 21.0 Å². The summed E-state index contributed by atoms with van der Waals surface area (Å²) in [7, 11) is 0. The number of aromatic carboxylic acids is 1. The quantitative estimate of drug-likeness (QED) is 0.821. The molecule has 1 aromatic heterocycles. The zero-order chi connectivity index (χ0) is 12.3. The lowest BCUT2D eigenvalue weighted by molar-refractivity contribution is 0.0691.